The van der Waals surface area contributed by atoms with E-state index in [2.05, 4.69) is 17.0 Å². The molecule has 0 aliphatic rings. The van der Waals surface area contributed by atoms with Crippen LogP contribution < -0.4 is 5.73 Å². The first-order valence-electron chi connectivity index (χ1n) is 5.27. The van der Waals surface area contributed by atoms with Gasteiger partial charge in [-0.05, 0) is 45.4 Å². The van der Waals surface area contributed by atoms with Crippen molar-refractivity contribution in [3.8, 4) is 5.82 Å². The van der Waals surface area contributed by atoms with Crippen molar-refractivity contribution in [1.29, 1.82) is 0 Å². The van der Waals surface area contributed by atoms with Crippen molar-refractivity contribution in [3.05, 3.63) is 34.8 Å². The van der Waals surface area contributed by atoms with E-state index in [9.17, 15) is 0 Å². The van der Waals surface area contributed by atoms with Crippen LogP contribution in [0.25, 0.3) is 5.82 Å². The average molecular weight is 216 g/mol. The Morgan fingerprint density at radius 1 is 1.06 bits per heavy atom. The maximum absolute atomic E-state index is 5.75. The van der Waals surface area contributed by atoms with Crippen LogP contribution >= 0.6 is 0 Å². The van der Waals surface area contributed by atoms with Crippen molar-refractivity contribution in [2.24, 2.45) is 0 Å². The maximum Gasteiger partial charge on any atom is 0.154 e. The van der Waals surface area contributed by atoms with Gasteiger partial charge in [-0.15, -0.1) is 0 Å². The number of pyridine rings is 1. The molecule has 0 saturated carbocycles. The molecule has 0 unspecified atom stereocenters. The minimum Gasteiger partial charge on any atom is -0.397 e. The quantitative estimate of drug-likeness (QED) is 0.794. The second-order valence-electron chi connectivity index (χ2n) is 4.05. The zero-order chi connectivity index (χ0) is 11.9. The molecule has 0 radical (unpaired) electrons. The normalized spacial score (nSPS) is 10.8. The molecule has 84 valence electrons. The van der Waals surface area contributed by atoms with E-state index < -0.39 is 0 Å². The lowest BCUT2D eigenvalue weighted by Crippen LogP contribution is -2.04. The molecule has 16 heavy (non-hydrogen) atoms. The number of nitrogens with zero attached hydrogens (tertiary/aromatic N) is 3. The Balaban J connectivity index is 2.59. The molecule has 0 spiro atoms. The summed E-state index contributed by atoms with van der Waals surface area (Å²) in [6.45, 7) is 8.02. The maximum atomic E-state index is 5.75. The Kier molecular flexibility index (Phi) is 2.42. The summed E-state index contributed by atoms with van der Waals surface area (Å²) in [6.07, 6.45) is 0. The average Bonchev–Trinajstić information content (AvgIpc) is 2.50. The smallest absolute Gasteiger partial charge is 0.154 e. The lowest BCUT2D eigenvalue weighted by Gasteiger charge is -2.06. The van der Waals surface area contributed by atoms with E-state index in [-0.39, 0.29) is 0 Å². The summed E-state index contributed by atoms with van der Waals surface area (Å²) < 4.78 is 1.86. The topological polar surface area (TPSA) is 56.7 Å². The summed E-state index contributed by atoms with van der Waals surface area (Å²) in [5.41, 5.74) is 10.7. The number of rotatable bonds is 1. The minimum absolute atomic E-state index is 0.710. The molecule has 0 aliphatic heterocycles. The van der Waals surface area contributed by atoms with Gasteiger partial charge >= 0.3 is 0 Å². The molecule has 2 rings (SSSR count). The van der Waals surface area contributed by atoms with Crippen molar-refractivity contribution in [2.45, 2.75) is 27.7 Å². The number of hydrogen-bond acceptors (Lipinski definition) is 3. The van der Waals surface area contributed by atoms with Gasteiger partial charge in [0.05, 0.1) is 17.1 Å². The summed E-state index contributed by atoms with van der Waals surface area (Å²) in [5.74, 6) is 0.820. The van der Waals surface area contributed by atoms with Crippen molar-refractivity contribution in [3.63, 3.8) is 0 Å². The van der Waals surface area contributed by atoms with E-state index in [1.165, 1.54) is 5.56 Å². The Hall–Kier alpha value is -1.84. The van der Waals surface area contributed by atoms with Crippen LogP contribution in [-0.4, -0.2) is 14.8 Å². The van der Waals surface area contributed by atoms with E-state index in [1.54, 1.807) is 0 Å². The van der Waals surface area contributed by atoms with Gasteiger partial charge in [-0.1, -0.05) is 0 Å². The van der Waals surface area contributed by atoms with Gasteiger partial charge in [-0.25, -0.2) is 9.67 Å². The van der Waals surface area contributed by atoms with E-state index >= 15 is 0 Å². The van der Waals surface area contributed by atoms with Gasteiger partial charge in [0.15, 0.2) is 5.82 Å². The molecule has 0 amide bonds. The van der Waals surface area contributed by atoms with Crippen molar-refractivity contribution >= 4 is 5.69 Å². The molecule has 0 atom stereocenters. The van der Waals surface area contributed by atoms with Crippen LogP contribution in [0.1, 0.15) is 22.6 Å². The summed E-state index contributed by atoms with van der Waals surface area (Å²) in [7, 11) is 0. The van der Waals surface area contributed by atoms with E-state index in [0.717, 1.165) is 22.9 Å². The van der Waals surface area contributed by atoms with Crippen molar-refractivity contribution in [2.75, 3.05) is 5.73 Å². The molecule has 2 N–H and O–H groups in total. The number of nitrogen functional groups attached to an aromatic ring is 1. The number of aromatic nitrogens is 3. The van der Waals surface area contributed by atoms with Crippen molar-refractivity contribution in [1.82, 2.24) is 14.8 Å². The summed E-state index contributed by atoms with van der Waals surface area (Å²) in [5, 5.41) is 4.46. The van der Waals surface area contributed by atoms with Crippen molar-refractivity contribution < 1.29 is 0 Å². The molecule has 2 heterocycles. The zero-order valence-corrected chi connectivity index (χ0v) is 10.1. The number of aryl methyl sites for hydroxylation is 2. The van der Waals surface area contributed by atoms with Gasteiger partial charge in [0.25, 0.3) is 0 Å². The molecule has 0 aromatic carbocycles. The number of anilines is 1. The highest BCUT2D eigenvalue weighted by atomic mass is 15.3. The molecule has 0 bridgehead atoms. The molecule has 2 aromatic rings. The van der Waals surface area contributed by atoms with Gasteiger partial charge in [-0.2, -0.15) is 5.10 Å². The molecule has 0 saturated heterocycles. The van der Waals surface area contributed by atoms with Gasteiger partial charge in [0.2, 0.25) is 0 Å². The first kappa shape index (κ1) is 10.7. The van der Waals surface area contributed by atoms with Gasteiger partial charge < -0.3 is 5.73 Å². The van der Waals surface area contributed by atoms with Crippen LogP contribution in [0.3, 0.4) is 0 Å². The second-order valence-corrected chi connectivity index (χ2v) is 4.05. The van der Waals surface area contributed by atoms with E-state index in [4.69, 9.17) is 5.73 Å². The lowest BCUT2D eigenvalue weighted by atomic mass is 10.2. The van der Waals surface area contributed by atoms with Gasteiger partial charge in [-0.3, -0.25) is 0 Å². The Morgan fingerprint density at radius 3 is 2.25 bits per heavy atom. The molecular weight excluding hydrogens is 200 g/mol. The van der Waals surface area contributed by atoms with Crippen LogP contribution in [0.2, 0.25) is 0 Å². The van der Waals surface area contributed by atoms with Crippen LogP contribution in [0.4, 0.5) is 5.69 Å². The molecular formula is C12H16N4. The predicted molar refractivity (Wildman–Crippen MR) is 64.7 cm³/mol. The fraction of sp³-hybridized carbons (Fsp3) is 0.333. The van der Waals surface area contributed by atoms with E-state index in [0.29, 0.717) is 5.69 Å². The first-order valence-corrected chi connectivity index (χ1v) is 5.27. The molecule has 0 aliphatic carbocycles. The second kappa shape index (κ2) is 3.63. The van der Waals surface area contributed by atoms with Crippen LogP contribution in [0.15, 0.2) is 12.1 Å². The third kappa shape index (κ3) is 1.56. The van der Waals surface area contributed by atoms with Crippen LogP contribution in [0, 0.1) is 27.7 Å². The van der Waals surface area contributed by atoms with Crippen LogP contribution in [-0.2, 0) is 0 Å². The molecule has 0 fully saturated rings. The summed E-state index contributed by atoms with van der Waals surface area (Å²) in [4.78, 5) is 4.43. The summed E-state index contributed by atoms with van der Waals surface area (Å²) >= 11 is 0. The third-order valence-electron chi connectivity index (χ3n) is 2.98. The van der Waals surface area contributed by atoms with Gasteiger partial charge in [0.1, 0.15) is 0 Å². The fourth-order valence-corrected chi connectivity index (χ4v) is 1.62. The standard InChI is InChI=1S/C12H16N4/c1-7-8(2)15-16(10(7)4)12-6-5-11(13)9(3)14-12/h5-6H,13H2,1-4H3. The highest BCUT2D eigenvalue weighted by molar-refractivity contribution is 5.45. The molecule has 4 heteroatoms. The third-order valence-corrected chi connectivity index (χ3v) is 2.98. The Morgan fingerprint density at radius 2 is 1.75 bits per heavy atom. The lowest BCUT2D eigenvalue weighted by molar-refractivity contribution is 0.802. The monoisotopic (exact) mass is 216 g/mol. The fourth-order valence-electron chi connectivity index (χ4n) is 1.62. The highest BCUT2D eigenvalue weighted by Gasteiger charge is 2.10. The molecule has 2 aromatic heterocycles. The molecule has 4 nitrogen and oxygen atoms in total. The van der Waals surface area contributed by atoms with Gasteiger partial charge in [0, 0.05) is 5.69 Å². The van der Waals surface area contributed by atoms with E-state index in [1.807, 2.05) is 37.6 Å². The summed E-state index contributed by atoms with van der Waals surface area (Å²) in [6, 6.07) is 3.75. The Bertz CT molecular complexity index is 540. The SMILES string of the molecule is Cc1nc(-n2nc(C)c(C)c2C)ccc1N. The Labute approximate surface area is 95.1 Å². The number of nitrogens with two attached hydrogens (primary N) is 1. The minimum atomic E-state index is 0.710. The number of hydrogen-bond donors (Lipinski definition) is 1. The first-order chi connectivity index (χ1) is 7.50. The van der Waals surface area contributed by atoms with Crippen LogP contribution in [0.5, 0.6) is 0 Å². The predicted octanol–water partition coefficient (Wildman–Crippen LogP) is 2.08. The zero-order valence-electron chi connectivity index (χ0n) is 10.1. The highest BCUT2D eigenvalue weighted by Crippen LogP contribution is 2.17. The largest absolute Gasteiger partial charge is 0.397 e.